The quantitative estimate of drug-likeness (QED) is 0.749. The molecule has 0 radical (unpaired) electrons. The van der Waals surface area contributed by atoms with Crippen molar-refractivity contribution in [3.8, 4) is 0 Å². The fourth-order valence-electron chi connectivity index (χ4n) is 1.53. The number of carbonyl (C=O) groups excluding carboxylic acids is 2. The van der Waals surface area contributed by atoms with Crippen LogP contribution in [-0.2, 0) is 19.4 Å². The maximum Gasteiger partial charge on any atom is 0.307 e. The first-order chi connectivity index (χ1) is 9.25. The number of amides is 1. The molecule has 0 N–H and O–H groups in total. The minimum absolute atomic E-state index is 0.111. The summed E-state index contributed by atoms with van der Waals surface area (Å²) in [6.07, 6.45) is 1.21. The highest BCUT2D eigenvalue weighted by atomic mass is 32.2. The molecule has 0 fully saturated rings. The Kier molecular flexibility index (Phi) is 5.26. The highest BCUT2D eigenvalue weighted by Crippen LogP contribution is 2.11. The van der Waals surface area contributed by atoms with E-state index in [-0.39, 0.29) is 23.8 Å². The van der Waals surface area contributed by atoms with Crippen LogP contribution in [-0.4, -0.2) is 52.2 Å². The predicted molar refractivity (Wildman–Crippen MR) is 73.1 cm³/mol. The predicted octanol–water partition coefficient (Wildman–Crippen LogP) is 0.725. The van der Waals surface area contributed by atoms with Crippen molar-refractivity contribution < 1.29 is 22.7 Å². The van der Waals surface area contributed by atoms with Crippen molar-refractivity contribution in [1.82, 2.24) is 4.90 Å². The van der Waals surface area contributed by atoms with E-state index in [1.54, 1.807) is 7.05 Å². The lowest BCUT2D eigenvalue weighted by Gasteiger charge is -2.16. The average molecular weight is 299 g/mol. The maximum absolute atomic E-state index is 12.0. The summed E-state index contributed by atoms with van der Waals surface area (Å²) in [6, 6.07) is 5.67. The van der Waals surface area contributed by atoms with E-state index in [2.05, 4.69) is 4.74 Å². The molecule has 0 aliphatic heterocycles. The number of esters is 1. The number of benzene rings is 1. The van der Waals surface area contributed by atoms with Gasteiger partial charge in [0.2, 0.25) is 0 Å². The molecule has 0 heterocycles. The monoisotopic (exact) mass is 299 g/mol. The van der Waals surface area contributed by atoms with Crippen molar-refractivity contribution in [3.05, 3.63) is 29.8 Å². The Morgan fingerprint density at radius 3 is 2.20 bits per heavy atom. The van der Waals surface area contributed by atoms with E-state index in [0.29, 0.717) is 5.56 Å². The Morgan fingerprint density at radius 1 is 1.20 bits per heavy atom. The van der Waals surface area contributed by atoms with Gasteiger partial charge in [-0.15, -0.1) is 0 Å². The first-order valence-corrected chi connectivity index (χ1v) is 7.77. The van der Waals surface area contributed by atoms with Crippen LogP contribution >= 0.6 is 0 Å². The Morgan fingerprint density at radius 2 is 1.75 bits per heavy atom. The maximum atomic E-state index is 12.0. The van der Waals surface area contributed by atoms with Gasteiger partial charge in [0.15, 0.2) is 9.84 Å². The van der Waals surface area contributed by atoms with Gasteiger partial charge >= 0.3 is 5.97 Å². The molecule has 1 amide bonds. The number of methoxy groups -OCH3 is 1. The molecule has 0 bridgehead atoms. The summed E-state index contributed by atoms with van der Waals surface area (Å²) in [5.41, 5.74) is 0.366. The Balaban J connectivity index is 2.75. The van der Waals surface area contributed by atoms with Crippen LogP contribution < -0.4 is 0 Å². The standard InChI is InChI=1S/C13H17NO5S/c1-14(9-8-12(15)19-2)13(16)10-4-6-11(7-5-10)20(3,17)18/h4-7H,8-9H2,1-3H3. The summed E-state index contributed by atoms with van der Waals surface area (Å²) < 4.78 is 27.1. The minimum Gasteiger partial charge on any atom is -0.469 e. The average Bonchev–Trinajstić information content (AvgIpc) is 2.42. The van der Waals surface area contributed by atoms with Gasteiger partial charge in [0, 0.05) is 25.4 Å². The number of hydrogen-bond acceptors (Lipinski definition) is 5. The Bertz CT molecular complexity index is 592. The zero-order valence-electron chi connectivity index (χ0n) is 11.6. The first-order valence-electron chi connectivity index (χ1n) is 5.88. The van der Waals surface area contributed by atoms with Gasteiger partial charge in [-0.2, -0.15) is 0 Å². The van der Waals surface area contributed by atoms with E-state index < -0.39 is 15.8 Å². The van der Waals surface area contributed by atoms with Gasteiger partial charge in [0.05, 0.1) is 18.4 Å². The molecule has 1 aromatic rings. The Labute approximate surface area is 118 Å². The third-order valence-electron chi connectivity index (χ3n) is 2.76. The third kappa shape index (κ3) is 4.34. The van der Waals surface area contributed by atoms with Crippen LogP contribution in [0.2, 0.25) is 0 Å². The highest BCUT2D eigenvalue weighted by molar-refractivity contribution is 7.90. The Hall–Kier alpha value is -1.89. The van der Waals surface area contributed by atoms with Crippen molar-refractivity contribution >= 4 is 21.7 Å². The van der Waals surface area contributed by atoms with Gasteiger partial charge in [-0.25, -0.2) is 8.42 Å². The number of ether oxygens (including phenoxy) is 1. The smallest absolute Gasteiger partial charge is 0.307 e. The molecule has 20 heavy (non-hydrogen) atoms. The van der Waals surface area contributed by atoms with Crippen molar-refractivity contribution in [2.45, 2.75) is 11.3 Å². The van der Waals surface area contributed by atoms with Gasteiger partial charge in [0.25, 0.3) is 5.91 Å². The molecule has 0 atom stereocenters. The first kappa shape index (κ1) is 16.2. The minimum atomic E-state index is -3.28. The van der Waals surface area contributed by atoms with Crippen LogP contribution in [0.4, 0.5) is 0 Å². The van der Waals surface area contributed by atoms with E-state index in [0.717, 1.165) is 6.26 Å². The van der Waals surface area contributed by atoms with Crippen LogP contribution in [0.25, 0.3) is 0 Å². The van der Waals surface area contributed by atoms with E-state index in [9.17, 15) is 18.0 Å². The molecule has 1 rings (SSSR count). The summed E-state index contributed by atoms with van der Waals surface area (Å²) in [4.78, 5) is 24.6. The van der Waals surface area contributed by atoms with Crippen molar-refractivity contribution in [1.29, 1.82) is 0 Å². The van der Waals surface area contributed by atoms with Crippen LogP contribution in [0.5, 0.6) is 0 Å². The zero-order valence-corrected chi connectivity index (χ0v) is 12.4. The largest absolute Gasteiger partial charge is 0.469 e. The van der Waals surface area contributed by atoms with Gasteiger partial charge < -0.3 is 9.64 Å². The molecule has 1 aromatic carbocycles. The SMILES string of the molecule is COC(=O)CCN(C)C(=O)c1ccc(S(C)(=O)=O)cc1. The number of carbonyl (C=O) groups is 2. The molecule has 6 nitrogen and oxygen atoms in total. The van der Waals surface area contributed by atoms with Crippen LogP contribution in [0.3, 0.4) is 0 Å². The molecule has 0 saturated heterocycles. The normalized spacial score (nSPS) is 10.9. The van der Waals surface area contributed by atoms with E-state index in [4.69, 9.17) is 0 Å². The fourth-order valence-corrected chi connectivity index (χ4v) is 2.16. The van der Waals surface area contributed by atoms with Gasteiger partial charge in [0.1, 0.15) is 0 Å². The number of sulfone groups is 1. The lowest BCUT2D eigenvalue weighted by molar-refractivity contribution is -0.140. The molecule has 0 spiro atoms. The number of rotatable bonds is 5. The summed E-state index contributed by atoms with van der Waals surface area (Å²) in [5, 5.41) is 0. The number of hydrogen-bond donors (Lipinski definition) is 0. The highest BCUT2D eigenvalue weighted by Gasteiger charge is 2.14. The zero-order chi connectivity index (χ0) is 15.3. The molecule has 0 unspecified atom stereocenters. The topological polar surface area (TPSA) is 80.8 Å². The summed E-state index contributed by atoms with van der Waals surface area (Å²) in [7, 11) is -0.425. The lowest BCUT2D eigenvalue weighted by atomic mass is 10.2. The molecular formula is C13H17NO5S. The molecule has 110 valence electrons. The van der Waals surface area contributed by atoms with E-state index >= 15 is 0 Å². The third-order valence-corrected chi connectivity index (χ3v) is 3.88. The van der Waals surface area contributed by atoms with E-state index in [1.807, 2.05) is 0 Å². The number of nitrogens with zero attached hydrogens (tertiary/aromatic N) is 1. The molecule has 0 aromatic heterocycles. The lowest BCUT2D eigenvalue weighted by Crippen LogP contribution is -2.29. The van der Waals surface area contributed by atoms with E-state index in [1.165, 1.54) is 36.3 Å². The van der Waals surface area contributed by atoms with Gasteiger partial charge in [-0.1, -0.05) is 0 Å². The van der Waals surface area contributed by atoms with Gasteiger partial charge in [-0.05, 0) is 24.3 Å². The van der Waals surface area contributed by atoms with Crippen molar-refractivity contribution in [2.24, 2.45) is 0 Å². The van der Waals surface area contributed by atoms with Crippen molar-refractivity contribution in [2.75, 3.05) is 27.0 Å². The van der Waals surface area contributed by atoms with Crippen LogP contribution in [0, 0.1) is 0 Å². The molecule has 0 aliphatic carbocycles. The summed E-state index contributed by atoms with van der Waals surface area (Å²) in [5.74, 6) is -0.675. The molecule has 7 heteroatoms. The summed E-state index contributed by atoms with van der Waals surface area (Å²) >= 11 is 0. The van der Waals surface area contributed by atoms with Crippen molar-refractivity contribution in [3.63, 3.8) is 0 Å². The van der Waals surface area contributed by atoms with Crippen LogP contribution in [0.1, 0.15) is 16.8 Å². The molecule has 0 saturated carbocycles. The van der Waals surface area contributed by atoms with Gasteiger partial charge in [-0.3, -0.25) is 9.59 Å². The molecular weight excluding hydrogens is 282 g/mol. The summed E-state index contributed by atoms with van der Waals surface area (Å²) in [6.45, 7) is 0.235. The second-order valence-corrected chi connectivity index (χ2v) is 6.37. The molecule has 0 aliphatic rings. The fraction of sp³-hybridized carbons (Fsp3) is 0.385. The van der Waals surface area contributed by atoms with Crippen LogP contribution in [0.15, 0.2) is 29.2 Å². The second-order valence-electron chi connectivity index (χ2n) is 4.35. The second kappa shape index (κ2) is 6.51.